The molecule has 2 heterocycles. The topological polar surface area (TPSA) is 38.2 Å². The van der Waals surface area contributed by atoms with E-state index in [1.165, 1.54) is 5.56 Å². The summed E-state index contributed by atoms with van der Waals surface area (Å²) in [5, 5.41) is 10.5. The van der Waals surface area contributed by atoms with Crippen molar-refractivity contribution in [3.63, 3.8) is 0 Å². The summed E-state index contributed by atoms with van der Waals surface area (Å²) < 4.78 is 6.31. The average molecular weight is 303 g/mol. The number of hydrogen-bond donors (Lipinski definition) is 0. The number of benzene rings is 1. The summed E-state index contributed by atoms with van der Waals surface area (Å²) in [5.41, 5.74) is 1.23. The van der Waals surface area contributed by atoms with Gasteiger partial charge in [-0.2, -0.15) is 0 Å². The van der Waals surface area contributed by atoms with Gasteiger partial charge in [0.05, 0.1) is 12.6 Å². The zero-order valence-electron chi connectivity index (χ0n) is 12.7. The van der Waals surface area contributed by atoms with Crippen LogP contribution in [0.25, 0.3) is 0 Å². The van der Waals surface area contributed by atoms with Gasteiger partial charge in [0.2, 0.25) is 5.13 Å². The van der Waals surface area contributed by atoms with E-state index < -0.39 is 0 Å². The first-order valence-electron chi connectivity index (χ1n) is 7.39. The van der Waals surface area contributed by atoms with Crippen molar-refractivity contribution in [3.8, 4) is 0 Å². The summed E-state index contributed by atoms with van der Waals surface area (Å²) in [5.74, 6) is 0.480. The molecule has 2 atom stereocenters. The molecule has 1 aromatic carbocycles. The molecule has 1 fully saturated rings. The minimum atomic E-state index is 0.0940. The third-order valence-electron chi connectivity index (χ3n) is 3.83. The molecule has 5 heteroatoms. The molecule has 1 aliphatic rings. The molecule has 0 radical (unpaired) electrons. The van der Waals surface area contributed by atoms with Gasteiger partial charge < -0.3 is 9.64 Å². The number of anilines is 1. The van der Waals surface area contributed by atoms with E-state index in [1.54, 1.807) is 11.3 Å². The Hall–Kier alpha value is -1.46. The summed E-state index contributed by atoms with van der Waals surface area (Å²) in [7, 11) is 0. The maximum atomic E-state index is 6.31. The highest BCUT2D eigenvalue weighted by Gasteiger charge is 2.31. The minimum absolute atomic E-state index is 0.0940. The highest BCUT2D eigenvalue weighted by molar-refractivity contribution is 7.15. The van der Waals surface area contributed by atoms with Crippen LogP contribution in [0.15, 0.2) is 30.3 Å². The minimum Gasteiger partial charge on any atom is -0.366 e. The van der Waals surface area contributed by atoms with Gasteiger partial charge in [0.1, 0.15) is 11.1 Å². The molecule has 1 aliphatic heterocycles. The van der Waals surface area contributed by atoms with Crippen LogP contribution >= 0.6 is 11.3 Å². The zero-order valence-corrected chi connectivity index (χ0v) is 13.5. The Morgan fingerprint density at radius 3 is 2.57 bits per heavy atom. The van der Waals surface area contributed by atoms with Crippen molar-refractivity contribution in [3.05, 3.63) is 40.9 Å². The van der Waals surface area contributed by atoms with Gasteiger partial charge in [-0.15, -0.1) is 10.2 Å². The predicted octanol–water partition coefficient (Wildman–Crippen LogP) is 3.45. The molecule has 21 heavy (non-hydrogen) atoms. The molecule has 0 aliphatic carbocycles. The largest absolute Gasteiger partial charge is 0.366 e. The van der Waals surface area contributed by atoms with E-state index in [1.807, 2.05) is 13.0 Å². The van der Waals surface area contributed by atoms with E-state index in [0.717, 1.165) is 23.2 Å². The summed E-state index contributed by atoms with van der Waals surface area (Å²) in [4.78, 5) is 2.32. The first kappa shape index (κ1) is 14.5. The number of morpholine rings is 1. The summed E-state index contributed by atoms with van der Waals surface area (Å²) in [6.45, 7) is 8.14. The second-order valence-electron chi connectivity index (χ2n) is 5.83. The lowest BCUT2D eigenvalue weighted by Crippen LogP contribution is -2.46. The predicted molar refractivity (Wildman–Crippen MR) is 85.8 cm³/mol. The Morgan fingerprint density at radius 2 is 1.95 bits per heavy atom. The van der Waals surface area contributed by atoms with Crippen LogP contribution in [0.3, 0.4) is 0 Å². The molecule has 3 rings (SSSR count). The van der Waals surface area contributed by atoms with Crippen LogP contribution in [0.5, 0.6) is 0 Å². The van der Waals surface area contributed by atoms with Crippen molar-refractivity contribution in [2.45, 2.75) is 33.0 Å². The molecular weight excluding hydrogens is 282 g/mol. The second-order valence-corrected chi connectivity index (χ2v) is 6.99. The average Bonchev–Trinajstić information content (AvgIpc) is 2.94. The number of aromatic nitrogens is 2. The first-order chi connectivity index (χ1) is 10.1. The third-order valence-corrected chi connectivity index (χ3v) is 4.73. The lowest BCUT2D eigenvalue weighted by Gasteiger charge is -2.39. The molecule has 112 valence electrons. The Kier molecular flexibility index (Phi) is 4.22. The Bertz CT molecular complexity index is 584. The Balaban J connectivity index is 1.85. The van der Waals surface area contributed by atoms with Crippen LogP contribution in [0.4, 0.5) is 5.13 Å². The van der Waals surface area contributed by atoms with Crippen molar-refractivity contribution in [2.24, 2.45) is 5.92 Å². The summed E-state index contributed by atoms with van der Waals surface area (Å²) in [6, 6.07) is 10.4. The highest BCUT2D eigenvalue weighted by Crippen LogP contribution is 2.32. The summed E-state index contributed by atoms with van der Waals surface area (Å²) >= 11 is 1.65. The second kappa shape index (κ2) is 6.12. The van der Waals surface area contributed by atoms with Crippen molar-refractivity contribution in [1.29, 1.82) is 0 Å². The van der Waals surface area contributed by atoms with Crippen LogP contribution in [-0.4, -0.2) is 29.4 Å². The molecule has 1 aromatic heterocycles. The fourth-order valence-corrected chi connectivity index (χ4v) is 3.28. The van der Waals surface area contributed by atoms with Crippen LogP contribution in [0.1, 0.15) is 30.5 Å². The molecule has 0 saturated carbocycles. The molecule has 2 aromatic rings. The Morgan fingerprint density at radius 1 is 1.19 bits per heavy atom. The number of aryl methyl sites for hydroxylation is 1. The van der Waals surface area contributed by atoms with Gasteiger partial charge in [0, 0.05) is 6.54 Å². The van der Waals surface area contributed by atoms with E-state index in [0.29, 0.717) is 5.92 Å². The van der Waals surface area contributed by atoms with E-state index in [-0.39, 0.29) is 12.2 Å². The Labute approximate surface area is 129 Å². The monoisotopic (exact) mass is 303 g/mol. The van der Waals surface area contributed by atoms with Crippen molar-refractivity contribution in [1.82, 2.24) is 10.2 Å². The number of nitrogens with zero attached hydrogens (tertiary/aromatic N) is 3. The third kappa shape index (κ3) is 3.24. The number of rotatable bonds is 3. The van der Waals surface area contributed by atoms with Gasteiger partial charge in [-0.3, -0.25) is 0 Å². The first-order valence-corrected chi connectivity index (χ1v) is 8.20. The maximum Gasteiger partial charge on any atom is 0.208 e. The zero-order chi connectivity index (χ0) is 14.8. The lowest BCUT2D eigenvalue weighted by molar-refractivity contribution is -0.0499. The molecule has 0 unspecified atom stereocenters. The normalized spacial score (nSPS) is 22.8. The van der Waals surface area contributed by atoms with Crippen LogP contribution in [0, 0.1) is 12.8 Å². The quantitative estimate of drug-likeness (QED) is 0.870. The molecule has 0 amide bonds. The van der Waals surface area contributed by atoms with E-state index in [4.69, 9.17) is 4.74 Å². The fourth-order valence-electron chi connectivity index (χ4n) is 2.58. The van der Waals surface area contributed by atoms with Crippen LogP contribution < -0.4 is 4.90 Å². The summed E-state index contributed by atoms with van der Waals surface area (Å²) in [6.07, 6.45) is 0.310. The van der Waals surface area contributed by atoms with Gasteiger partial charge in [-0.05, 0) is 18.4 Å². The lowest BCUT2D eigenvalue weighted by atomic mass is 10.0. The van der Waals surface area contributed by atoms with Gasteiger partial charge in [-0.1, -0.05) is 55.5 Å². The molecule has 1 saturated heterocycles. The van der Waals surface area contributed by atoms with E-state index in [2.05, 4.69) is 53.2 Å². The van der Waals surface area contributed by atoms with Crippen LogP contribution in [-0.2, 0) is 4.74 Å². The maximum absolute atomic E-state index is 6.31. The molecule has 0 N–H and O–H groups in total. The van der Waals surface area contributed by atoms with E-state index in [9.17, 15) is 0 Å². The van der Waals surface area contributed by atoms with Crippen molar-refractivity contribution < 1.29 is 4.74 Å². The smallest absolute Gasteiger partial charge is 0.208 e. The van der Waals surface area contributed by atoms with Gasteiger partial charge in [-0.25, -0.2) is 0 Å². The molecule has 4 nitrogen and oxygen atoms in total. The van der Waals surface area contributed by atoms with Gasteiger partial charge in [0.15, 0.2) is 0 Å². The van der Waals surface area contributed by atoms with E-state index >= 15 is 0 Å². The van der Waals surface area contributed by atoms with Gasteiger partial charge >= 0.3 is 0 Å². The standard InChI is InChI=1S/C16H21N3OS/c1-11(2)14-9-19(16-18-17-12(3)21-16)10-15(20-14)13-7-5-4-6-8-13/h4-8,11,14-15H,9-10H2,1-3H3/t14-,15+/m1/s1. The molecule has 0 bridgehead atoms. The fraction of sp³-hybridized carbons (Fsp3) is 0.500. The van der Waals surface area contributed by atoms with Crippen molar-refractivity contribution in [2.75, 3.05) is 18.0 Å². The SMILES string of the molecule is Cc1nnc(N2C[C@@H](c3ccccc3)O[C@@H](C(C)C)C2)s1. The van der Waals surface area contributed by atoms with Crippen LogP contribution in [0.2, 0.25) is 0 Å². The van der Waals surface area contributed by atoms with Gasteiger partial charge in [0.25, 0.3) is 0 Å². The molecular formula is C16H21N3OS. The van der Waals surface area contributed by atoms with Crippen molar-refractivity contribution >= 4 is 16.5 Å². The number of hydrogen-bond acceptors (Lipinski definition) is 5. The highest BCUT2D eigenvalue weighted by atomic mass is 32.1. The number of ether oxygens (including phenoxy) is 1. The molecule has 0 spiro atoms.